The molecule has 0 aromatic heterocycles. The third kappa shape index (κ3) is 1.89. The van der Waals surface area contributed by atoms with E-state index in [0.717, 1.165) is 23.7 Å². The van der Waals surface area contributed by atoms with Crippen LogP contribution in [0.15, 0.2) is 24.3 Å². The van der Waals surface area contributed by atoms with Crippen LogP contribution in [0.25, 0.3) is 0 Å². The molecular formula is C16H20N2O2. The first-order valence-corrected chi connectivity index (χ1v) is 7.70. The molecule has 106 valence electrons. The summed E-state index contributed by atoms with van der Waals surface area (Å²) in [5.41, 5.74) is 0.913. The molecule has 4 fully saturated rings. The van der Waals surface area contributed by atoms with Gasteiger partial charge in [0.2, 0.25) is 0 Å². The first kappa shape index (κ1) is 12.2. The van der Waals surface area contributed by atoms with Gasteiger partial charge in [-0.25, -0.2) is 0 Å². The minimum atomic E-state index is -0.279. The highest BCUT2D eigenvalue weighted by molar-refractivity contribution is 5.61. The number of para-hydroxylation sites is 2. The molecule has 4 heteroatoms. The topological polar surface area (TPSA) is 55.2 Å². The standard InChI is InChI=1S/C16H20N2O2/c19-18(20)15-4-2-1-3-14(15)17-16-12-6-10-5-11(8-12)9-13(16)7-10/h1-4,10-13,16-17H,5-9H2. The van der Waals surface area contributed by atoms with Gasteiger partial charge in [-0.05, 0) is 61.8 Å². The molecule has 20 heavy (non-hydrogen) atoms. The van der Waals surface area contributed by atoms with Gasteiger partial charge in [-0.2, -0.15) is 0 Å². The molecule has 0 saturated heterocycles. The summed E-state index contributed by atoms with van der Waals surface area (Å²) in [4.78, 5) is 10.9. The molecule has 4 bridgehead atoms. The molecule has 4 saturated carbocycles. The Balaban J connectivity index is 1.59. The second-order valence-electron chi connectivity index (χ2n) is 6.88. The van der Waals surface area contributed by atoms with E-state index in [-0.39, 0.29) is 10.6 Å². The lowest BCUT2D eigenvalue weighted by Gasteiger charge is -2.54. The monoisotopic (exact) mass is 272 g/mol. The highest BCUT2D eigenvalue weighted by Crippen LogP contribution is 2.54. The Morgan fingerprint density at radius 1 is 1.00 bits per heavy atom. The first-order chi connectivity index (χ1) is 9.70. The second kappa shape index (κ2) is 4.47. The van der Waals surface area contributed by atoms with Crippen LogP contribution in [0.2, 0.25) is 0 Å². The highest BCUT2D eigenvalue weighted by atomic mass is 16.6. The Morgan fingerprint density at radius 3 is 2.20 bits per heavy atom. The largest absolute Gasteiger partial charge is 0.376 e. The minimum absolute atomic E-state index is 0.210. The Hall–Kier alpha value is -1.58. The van der Waals surface area contributed by atoms with Gasteiger partial charge in [0.15, 0.2) is 0 Å². The summed E-state index contributed by atoms with van der Waals surface area (Å²) >= 11 is 0. The predicted octanol–water partition coefficient (Wildman–Crippen LogP) is 3.83. The van der Waals surface area contributed by atoms with Crippen molar-refractivity contribution in [2.75, 3.05) is 5.32 Å². The number of nitro benzene ring substituents is 1. The minimum Gasteiger partial charge on any atom is -0.376 e. The summed E-state index contributed by atoms with van der Waals surface area (Å²) in [5, 5.41) is 14.7. The molecule has 0 unspecified atom stereocenters. The molecule has 0 radical (unpaired) electrons. The molecule has 0 amide bonds. The fourth-order valence-corrected chi connectivity index (χ4v) is 5.10. The number of rotatable bonds is 3. The summed E-state index contributed by atoms with van der Waals surface area (Å²) < 4.78 is 0. The lowest BCUT2D eigenvalue weighted by molar-refractivity contribution is -0.384. The molecule has 1 N–H and O–H groups in total. The van der Waals surface area contributed by atoms with E-state index >= 15 is 0 Å². The van der Waals surface area contributed by atoms with E-state index in [0.29, 0.717) is 11.7 Å². The van der Waals surface area contributed by atoms with Crippen molar-refractivity contribution in [3.05, 3.63) is 34.4 Å². The average molecular weight is 272 g/mol. The fraction of sp³-hybridized carbons (Fsp3) is 0.625. The molecular weight excluding hydrogens is 252 g/mol. The summed E-state index contributed by atoms with van der Waals surface area (Å²) in [7, 11) is 0. The summed E-state index contributed by atoms with van der Waals surface area (Å²) in [6.45, 7) is 0. The van der Waals surface area contributed by atoms with Crippen LogP contribution in [0.5, 0.6) is 0 Å². The van der Waals surface area contributed by atoms with E-state index < -0.39 is 0 Å². The van der Waals surface area contributed by atoms with Crippen molar-refractivity contribution in [1.82, 2.24) is 0 Å². The number of hydrogen-bond acceptors (Lipinski definition) is 3. The van der Waals surface area contributed by atoms with Gasteiger partial charge < -0.3 is 5.32 Å². The number of benzene rings is 1. The fourth-order valence-electron chi connectivity index (χ4n) is 5.10. The van der Waals surface area contributed by atoms with Gasteiger partial charge >= 0.3 is 0 Å². The van der Waals surface area contributed by atoms with Crippen molar-refractivity contribution >= 4 is 11.4 Å². The Labute approximate surface area is 118 Å². The predicted molar refractivity (Wildman–Crippen MR) is 77.6 cm³/mol. The number of hydrogen-bond donors (Lipinski definition) is 1. The van der Waals surface area contributed by atoms with Gasteiger partial charge in [0, 0.05) is 12.1 Å². The molecule has 4 nitrogen and oxygen atoms in total. The van der Waals surface area contributed by atoms with E-state index in [1.807, 2.05) is 12.1 Å². The molecule has 1 aromatic rings. The van der Waals surface area contributed by atoms with Gasteiger partial charge in [-0.3, -0.25) is 10.1 Å². The molecule has 4 aliphatic rings. The number of nitrogens with zero attached hydrogens (tertiary/aromatic N) is 1. The van der Waals surface area contributed by atoms with Crippen molar-refractivity contribution < 1.29 is 4.92 Å². The van der Waals surface area contributed by atoms with Crippen molar-refractivity contribution in [1.29, 1.82) is 0 Å². The van der Waals surface area contributed by atoms with E-state index in [4.69, 9.17) is 0 Å². The van der Waals surface area contributed by atoms with E-state index in [1.165, 1.54) is 32.1 Å². The number of nitro groups is 1. The van der Waals surface area contributed by atoms with Crippen LogP contribution in [-0.4, -0.2) is 11.0 Å². The smallest absolute Gasteiger partial charge is 0.292 e. The summed E-state index contributed by atoms with van der Waals surface area (Å²) in [6.07, 6.45) is 6.73. The molecule has 5 rings (SSSR count). The molecule has 0 atom stereocenters. The lowest BCUT2D eigenvalue weighted by atomic mass is 9.54. The van der Waals surface area contributed by atoms with E-state index in [1.54, 1.807) is 12.1 Å². The lowest BCUT2D eigenvalue weighted by Crippen LogP contribution is -2.51. The summed E-state index contributed by atoms with van der Waals surface area (Å²) in [6, 6.07) is 7.51. The first-order valence-electron chi connectivity index (χ1n) is 7.70. The van der Waals surface area contributed by atoms with Crippen molar-refractivity contribution in [3.63, 3.8) is 0 Å². The molecule has 4 aliphatic carbocycles. The van der Waals surface area contributed by atoms with Gasteiger partial charge in [0.25, 0.3) is 5.69 Å². The molecule has 1 aromatic carbocycles. The van der Waals surface area contributed by atoms with Crippen LogP contribution in [-0.2, 0) is 0 Å². The Bertz CT molecular complexity index is 515. The van der Waals surface area contributed by atoms with Crippen molar-refractivity contribution in [2.45, 2.75) is 38.1 Å². The Morgan fingerprint density at radius 2 is 1.60 bits per heavy atom. The van der Waals surface area contributed by atoms with Crippen LogP contribution >= 0.6 is 0 Å². The third-order valence-corrected chi connectivity index (χ3v) is 5.65. The van der Waals surface area contributed by atoms with Crippen LogP contribution in [0.3, 0.4) is 0 Å². The van der Waals surface area contributed by atoms with Crippen molar-refractivity contribution in [2.24, 2.45) is 23.7 Å². The van der Waals surface area contributed by atoms with Gasteiger partial charge in [-0.15, -0.1) is 0 Å². The number of anilines is 1. The van der Waals surface area contributed by atoms with Crippen LogP contribution in [0, 0.1) is 33.8 Å². The zero-order valence-corrected chi connectivity index (χ0v) is 11.5. The molecule has 0 heterocycles. The maximum atomic E-state index is 11.1. The van der Waals surface area contributed by atoms with E-state index in [9.17, 15) is 10.1 Å². The maximum Gasteiger partial charge on any atom is 0.292 e. The average Bonchev–Trinajstić information content (AvgIpc) is 2.42. The maximum absolute atomic E-state index is 11.1. The quantitative estimate of drug-likeness (QED) is 0.672. The third-order valence-electron chi connectivity index (χ3n) is 5.65. The van der Waals surface area contributed by atoms with Crippen LogP contribution < -0.4 is 5.32 Å². The zero-order chi connectivity index (χ0) is 13.7. The van der Waals surface area contributed by atoms with Crippen LogP contribution in [0.4, 0.5) is 11.4 Å². The zero-order valence-electron chi connectivity index (χ0n) is 11.5. The normalized spacial score (nSPS) is 37.9. The highest BCUT2D eigenvalue weighted by Gasteiger charge is 2.48. The Kier molecular flexibility index (Phi) is 2.72. The van der Waals surface area contributed by atoms with Gasteiger partial charge in [0.1, 0.15) is 5.69 Å². The van der Waals surface area contributed by atoms with Crippen molar-refractivity contribution in [3.8, 4) is 0 Å². The van der Waals surface area contributed by atoms with Gasteiger partial charge in [-0.1, -0.05) is 12.1 Å². The van der Waals surface area contributed by atoms with Gasteiger partial charge in [0.05, 0.1) is 4.92 Å². The van der Waals surface area contributed by atoms with Crippen LogP contribution in [0.1, 0.15) is 32.1 Å². The second-order valence-corrected chi connectivity index (χ2v) is 6.88. The summed E-state index contributed by atoms with van der Waals surface area (Å²) in [5.74, 6) is 3.32. The SMILES string of the molecule is O=[N+]([O-])c1ccccc1NC1C2CC3CC(C2)CC1C3. The number of nitrogens with one attached hydrogen (secondary N) is 1. The molecule has 0 spiro atoms. The van der Waals surface area contributed by atoms with E-state index in [2.05, 4.69) is 5.32 Å². The molecule has 0 aliphatic heterocycles.